The maximum atomic E-state index is 14.0. The molecule has 33 heavy (non-hydrogen) atoms. The number of hydrogen-bond acceptors (Lipinski definition) is 7. The quantitative estimate of drug-likeness (QED) is 0.628. The first-order chi connectivity index (χ1) is 16.0. The Balaban J connectivity index is 1.21. The number of aromatic nitrogens is 3. The van der Waals surface area contributed by atoms with Crippen molar-refractivity contribution in [2.45, 2.75) is 32.2 Å². The number of halogens is 2. The third kappa shape index (κ3) is 4.48. The molecule has 0 bridgehead atoms. The molecule has 2 aliphatic heterocycles. The summed E-state index contributed by atoms with van der Waals surface area (Å²) in [5.41, 5.74) is 1.45. The Morgan fingerprint density at radius 2 is 2.00 bits per heavy atom. The lowest BCUT2D eigenvalue weighted by Gasteiger charge is -2.48. The zero-order valence-corrected chi connectivity index (χ0v) is 19.5. The molecular formula is C23H28ClFN6O2. The number of rotatable bonds is 4. The zero-order valence-electron chi connectivity index (χ0n) is 18.7. The second kappa shape index (κ2) is 9.02. The van der Waals surface area contributed by atoms with Crippen molar-refractivity contribution >= 4 is 23.5 Å². The third-order valence-electron chi connectivity index (χ3n) is 7.13. The third-order valence-corrected chi connectivity index (χ3v) is 7.33. The number of ether oxygens (including phenoxy) is 1. The summed E-state index contributed by atoms with van der Waals surface area (Å²) in [6.07, 6.45) is 5.89. The minimum atomic E-state index is -0.407. The Morgan fingerprint density at radius 1 is 1.21 bits per heavy atom. The van der Waals surface area contributed by atoms with Crippen LogP contribution in [0.25, 0.3) is 11.3 Å². The molecule has 3 aliphatic rings. The van der Waals surface area contributed by atoms with Gasteiger partial charge in [-0.1, -0.05) is 11.6 Å². The van der Waals surface area contributed by atoms with Gasteiger partial charge in [0.05, 0.1) is 18.5 Å². The van der Waals surface area contributed by atoms with Crippen LogP contribution in [0.2, 0.25) is 5.15 Å². The second-order valence-corrected chi connectivity index (χ2v) is 9.61. The van der Waals surface area contributed by atoms with E-state index in [1.165, 1.54) is 18.6 Å². The van der Waals surface area contributed by atoms with E-state index in [-0.39, 0.29) is 11.5 Å². The highest BCUT2D eigenvalue weighted by Crippen LogP contribution is 2.47. The van der Waals surface area contributed by atoms with E-state index in [9.17, 15) is 9.18 Å². The van der Waals surface area contributed by atoms with Crippen molar-refractivity contribution < 1.29 is 13.9 Å². The summed E-state index contributed by atoms with van der Waals surface area (Å²) in [5, 5.41) is 0.313. The summed E-state index contributed by atoms with van der Waals surface area (Å²) < 4.78 is 19.1. The van der Waals surface area contributed by atoms with Crippen LogP contribution < -0.4 is 4.90 Å². The molecular weight excluding hydrogens is 447 g/mol. The fourth-order valence-electron chi connectivity index (χ4n) is 5.54. The number of hydrogen-bond donors (Lipinski definition) is 0. The molecule has 8 nitrogen and oxygen atoms in total. The molecule has 1 atom stereocenters. The van der Waals surface area contributed by atoms with E-state index in [1.54, 1.807) is 6.07 Å². The molecule has 0 unspecified atom stereocenters. The fourth-order valence-corrected chi connectivity index (χ4v) is 5.68. The van der Waals surface area contributed by atoms with Crippen LogP contribution in [-0.4, -0.2) is 82.8 Å². The molecule has 1 aliphatic carbocycles. The SMILES string of the molecule is CCOC(=O)N1CC2(CC[C@@H](N3CCN(c4ncc(F)cc4-c4cc(Cl)ncn4)CC3)C2)C1. The minimum Gasteiger partial charge on any atom is -0.450 e. The van der Waals surface area contributed by atoms with Gasteiger partial charge in [-0.15, -0.1) is 0 Å². The van der Waals surface area contributed by atoms with Crippen molar-refractivity contribution in [3.63, 3.8) is 0 Å². The van der Waals surface area contributed by atoms with Crippen molar-refractivity contribution in [2.75, 3.05) is 50.8 Å². The van der Waals surface area contributed by atoms with Crippen LogP contribution in [0, 0.1) is 11.2 Å². The summed E-state index contributed by atoms with van der Waals surface area (Å²) >= 11 is 6.03. The van der Waals surface area contributed by atoms with Gasteiger partial charge in [-0.2, -0.15) is 0 Å². The summed E-state index contributed by atoms with van der Waals surface area (Å²) in [7, 11) is 0. The van der Waals surface area contributed by atoms with Crippen molar-refractivity contribution in [1.29, 1.82) is 0 Å². The van der Waals surface area contributed by atoms with Gasteiger partial charge in [-0.05, 0) is 32.3 Å². The highest BCUT2D eigenvalue weighted by molar-refractivity contribution is 6.29. The first kappa shape index (κ1) is 22.3. The van der Waals surface area contributed by atoms with Crippen LogP contribution in [0.5, 0.6) is 0 Å². The number of carbonyl (C=O) groups excluding carboxylic acids is 1. The number of piperazine rings is 1. The average molecular weight is 475 g/mol. The predicted octanol–water partition coefficient (Wildman–Crippen LogP) is 3.46. The number of pyridine rings is 1. The van der Waals surface area contributed by atoms with E-state index in [4.69, 9.17) is 16.3 Å². The lowest BCUT2D eigenvalue weighted by atomic mass is 9.78. The smallest absolute Gasteiger partial charge is 0.409 e. The molecule has 1 amide bonds. The first-order valence-corrected chi connectivity index (χ1v) is 11.9. The standard InChI is InChI=1S/C23H28ClFN6O2/c1-2-33-22(32)31-13-23(14-31)4-3-17(11-23)29-5-7-30(8-6-29)21-18(9-16(25)12-26-21)19-10-20(24)28-15-27-19/h9-10,12,15,17H,2-8,11,13-14H2,1H3/t17-/m1/s1. The van der Waals surface area contributed by atoms with Crippen LogP contribution in [0.3, 0.4) is 0 Å². The molecule has 3 fully saturated rings. The van der Waals surface area contributed by atoms with Gasteiger partial charge in [0, 0.05) is 62.4 Å². The molecule has 5 rings (SSSR count). The zero-order chi connectivity index (χ0) is 23.0. The Hall–Kier alpha value is -2.52. The van der Waals surface area contributed by atoms with Gasteiger partial charge in [0.25, 0.3) is 0 Å². The average Bonchev–Trinajstić information content (AvgIpc) is 3.24. The van der Waals surface area contributed by atoms with Gasteiger partial charge in [0.2, 0.25) is 0 Å². The fraction of sp³-hybridized carbons (Fsp3) is 0.565. The second-order valence-electron chi connectivity index (χ2n) is 9.23. The highest BCUT2D eigenvalue weighted by atomic mass is 35.5. The van der Waals surface area contributed by atoms with Gasteiger partial charge in [0.1, 0.15) is 23.1 Å². The Kier molecular flexibility index (Phi) is 6.09. The normalized spacial score (nSPS) is 22.5. The van der Waals surface area contributed by atoms with Gasteiger partial charge < -0.3 is 14.5 Å². The Labute approximate surface area is 197 Å². The summed E-state index contributed by atoms with van der Waals surface area (Å²) in [6, 6.07) is 3.63. The maximum Gasteiger partial charge on any atom is 0.409 e. The van der Waals surface area contributed by atoms with E-state index in [2.05, 4.69) is 24.8 Å². The van der Waals surface area contributed by atoms with Gasteiger partial charge in [-0.25, -0.2) is 24.1 Å². The predicted molar refractivity (Wildman–Crippen MR) is 123 cm³/mol. The minimum absolute atomic E-state index is 0.187. The molecule has 2 saturated heterocycles. The molecule has 1 spiro atoms. The number of likely N-dealkylation sites (tertiary alicyclic amines) is 1. The van der Waals surface area contributed by atoms with Crippen LogP contribution in [0.15, 0.2) is 24.7 Å². The highest BCUT2D eigenvalue weighted by Gasteiger charge is 2.51. The van der Waals surface area contributed by atoms with E-state index < -0.39 is 5.82 Å². The molecule has 10 heteroatoms. The number of amides is 1. The van der Waals surface area contributed by atoms with Crippen LogP contribution in [0.1, 0.15) is 26.2 Å². The van der Waals surface area contributed by atoms with Crippen molar-refractivity contribution in [3.05, 3.63) is 35.6 Å². The van der Waals surface area contributed by atoms with E-state index in [0.717, 1.165) is 64.3 Å². The number of anilines is 1. The molecule has 176 valence electrons. The van der Waals surface area contributed by atoms with E-state index in [1.807, 2.05) is 11.8 Å². The van der Waals surface area contributed by atoms with E-state index >= 15 is 0 Å². The van der Waals surface area contributed by atoms with Crippen molar-refractivity contribution in [1.82, 2.24) is 24.8 Å². The number of carbonyl (C=O) groups is 1. The van der Waals surface area contributed by atoms with Crippen LogP contribution in [-0.2, 0) is 4.74 Å². The van der Waals surface area contributed by atoms with Gasteiger partial charge in [-0.3, -0.25) is 4.90 Å². The monoisotopic (exact) mass is 474 g/mol. The summed E-state index contributed by atoms with van der Waals surface area (Å²) in [6.45, 7) is 7.35. The lowest BCUT2D eigenvalue weighted by molar-refractivity contribution is -0.00294. The maximum absolute atomic E-state index is 14.0. The molecule has 0 N–H and O–H groups in total. The van der Waals surface area contributed by atoms with Gasteiger partial charge >= 0.3 is 6.09 Å². The largest absolute Gasteiger partial charge is 0.450 e. The number of nitrogens with zero attached hydrogens (tertiary/aromatic N) is 6. The first-order valence-electron chi connectivity index (χ1n) is 11.5. The van der Waals surface area contributed by atoms with E-state index in [0.29, 0.717) is 29.1 Å². The molecule has 2 aromatic heterocycles. The van der Waals surface area contributed by atoms with Crippen molar-refractivity contribution in [3.8, 4) is 11.3 Å². The van der Waals surface area contributed by atoms with Gasteiger partial charge in [0.15, 0.2) is 0 Å². The Morgan fingerprint density at radius 3 is 2.73 bits per heavy atom. The van der Waals surface area contributed by atoms with Crippen molar-refractivity contribution in [2.24, 2.45) is 5.41 Å². The summed E-state index contributed by atoms with van der Waals surface area (Å²) in [5.74, 6) is 0.313. The topological polar surface area (TPSA) is 74.7 Å². The molecule has 4 heterocycles. The molecule has 0 aromatic carbocycles. The molecule has 1 saturated carbocycles. The Bertz CT molecular complexity index is 1030. The van der Waals surface area contributed by atoms with Crippen LogP contribution >= 0.6 is 11.6 Å². The van der Waals surface area contributed by atoms with Crippen LogP contribution in [0.4, 0.5) is 15.0 Å². The summed E-state index contributed by atoms with van der Waals surface area (Å²) in [4.78, 5) is 31.1. The lowest BCUT2D eigenvalue weighted by Crippen LogP contribution is -2.58. The molecule has 2 aromatic rings. The molecule has 0 radical (unpaired) electrons.